The molecule has 2 aliphatic heterocycles. The van der Waals surface area contributed by atoms with Gasteiger partial charge in [0.25, 0.3) is 0 Å². The molecule has 3 rings (SSSR count). The number of carbonyl (C=O) groups excluding carboxylic acids is 1. The number of hydrogen-bond acceptors (Lipinski definition) is 5. The third kappa shape index (κ3) is 4.43. The predicted molar refractivity (Wildman–Crippen MR) is 97.1 cm³/mol. The molecule has 2 aliphatic rings. The fourth-order valence-corrected chi connectivity index (χ4v) is 4.23. The molecule has 5 nitrogen and oxygen atoms in total. The Bertz CT molecular complexity index is 573. The maximum absolute atomic E-state index is 12.2. The number of ether oxygens (including phenoxy) is 1. The second-order valence-electron chi connectivity index (χ2n) is 6.73. The minimum Gasteiger partial charge on any atom is -0.381 e. The van der Waals surface area contributed by atoms with Crippen molar-refractivity contribution >= 4 is 23.3 Å². The maximum atomic E-state index is 12.2. The lowest BCUT2D eigenvalue weighted by molar-refractivity contribution is -0.118. The molecule has 1 aromatic heterocycles. The van der Waals surface area contributed by atoms with Crippen LogP contribution in [0, 0.1) is 6.92 Å². The van der Waals surface area contributed by atoms with Crippen LogP contribution in [0.1, 0.15) is 42.8 Å². The van der Waals surface area contributed by atoms with Crippen molar-refractivity contribution in [2.45, 2.75) is 44.6 Å². The van der Waals surface area contributed by atoms with Crippen LogP contribution in [0.2, 0.25) is 0 Å². The number of amides is 1. The number of likely N-dealkylation sites (tertiary alicyclic amines) is 1. The van der Waals surface area contributed by atoms with Gasteiger partial charge < -0.3 is 10.1 Å². The maximum Gasteiger partial charge on any atom is 0.244 e. The molecule has 0 saturated carbocycles. The summed E-state index contributed by atoms with van der Waals surface area (Å²) in [6.07, 6.45) is 9.24. The highest BCUT2D eigenvalue weighted by molar-refractivity contribution is 7.09. The summed E-state index contributed by atoms with van der Waals surface area (Å²) in [5, 5.41) is 6.10. The molecule has 0 aliphatic carbocycles. The van der Waals surface area contributed by atoms with Crippen molar-refractivity contribution in [3.05, 3.63) is 22.2 Å². The van der Waals surface area contributed by atoms with Gasteiger partial charge in [0.15, 0.2) is 0 Å². The second-order valence-corrected chi connectivity index (χ2v) is 7.79. The van der Waals surface area contributed by atoms with E-state index in [0.717, 1.165) is 49.8 Å². The van der Waals surface area contributed by atoms with E-state index in [1.165, 1.54) is 19.3 Å². The number of nitrogens with zero attached hydrogens (tertiary/aromatic N) is 2. The Hall–Kier alpha value is -1.24. The number of nitrogens with one attached hydrogen (secondary N) is 1. The van der Waals surface area contributed by atoms with Crippen LogP contribution in [0.4, 0.5) is 0 Å². The van der Waals surface area contributed by atoms with Crippen molar-refractivity contribution in [1.82, 2.24) is 15.2 Å². The summed E-state index contributed by atoms with van der Waals surface area (Å²) >= 11 is 1.60. The molecule has 6 heteroatoms. The van der Waals surface area contributed by atoms with Crippen LogP contribution in [0.25, 0.3) is 6.08 Å². The van der Waals surface area contributed by atoms with Crippen molar-refractivity contribution in [2.75, 3.05) is 32.8 Å². The van der Waals surface area contributed by atoms with E-state index in [1.807, 2.05) is 12.3 Å². The van der Waals surface area contributed by atoms with Gasteiger partial charge in [-0.1, -0.05) is 6.42 Å². The molecular weight excluding hydrogens is 322 g/mol. The van der Waals surface area contributed by atoms with E-state index in [0.29, 0.717) is 6.54 Å². The molecule has 132 valence electrons. The van der Waals surface area contributed by atoms with Crippen LogP contribution >= 0.6 is 11.3 Å². The number of rotatable bonds is 5. The molecule has 2 saturated heterocycles. The standard InChI is InChI=1S/C18H27N3O2S/c1-15-20-16(13-24-15)5-6-17(22)19-14-18(7-11-23-12-8-18)21-9-3-2-4-10-21/h5-6,13H,2-4,7-12,14H2,1H3,(H,19,22)/b6-5-. The number of piperidine rings is 1. The monoisotopic (exact) mass is 349 g/mol. The Labute approximate surface area is 148 Å². The quantitative estimate of drug-likeness (QED) is 0.830. The van der Waals surface area contributed by atoms with E-state index >= 15 is 0 Å². The number of thiazole rings is 1. The molecule has 1 N–H and O–H groups in total. The Kier molecular flexibility index (Phi) is 6.03. The van der Waals surface area contributed by atoms with Crippen molar-refractivity contribution in [2.24, 2.45) is 0 Å². The summed E-state index contributed by atoms with van der Waals surface area (Å²) in [4.78, 5) is 19.2. The summed E-state index contributed by atoms with van der Waals surface area (Å²) in [5.74, 6) is -0.0384. The second kappa shape index (κ2) is 8.23. The average molecular weight is 350 g/mol. The zero-order valence-electron chi connectivity index (χ0n) is 14.4. The number of aromatic nitrogens is 1. The lowest BCUT2D eigenvalue weighted by atomic mass is 9.86. The molecule has 3 heterocycles. The van der Waals surface area contributed by atoms with Gasteiger partial charge in [-0.3, -0.25) is 9.69 Å². The van der Waals surface area contributed by atoms with Crippen LogP contribution in [0.3, 0.4) is 0 Å². The van der Waals surface area contributed by atoms with E-state index in [1.54, 1.807) is 23.5 Å². The first-order chi connectivity index (χ1) is 11.7. The molecule has 2 fully saturated rings. The molecule has 1 aromatic rings. The summed E-state index contributed by atoms with van der Waals surface area (Å²) in [6, 6.07) is 0. The first kappa shape index (κ1) is 17.6. The number of aryl methyl sites for hydroxylation is 1. The SMILES string of the molecule is Cc1nc(/C=C\C(=O)NCC2(N3CCCCC3)CCOCC2)cs1. The Morgan fingerprint density at radius 3 is 2.79 bits per heavy atom. The highest BCUT2D eigenvalue weighted by Crippen LogP contribution is 2.30. The highest BCUT2D eigenvalue weighted by Gasteiger charge is 2.38. The van der Waals surface area contributed by atoms with E-state index in [4.69, 9.17) is 4.74 Å². The normalized spacial score (nSPS) is 21.9. The lowest BCUT2D eigenvalue weighted by Crippen LogP contribution is -2.59. The Morgan fingerprint density at radius 1 is 1.38 bits per heavy atom. The van der Waals surface area contributed by atoms with Gasteiger partial charge in [0.1, 0.15) is 0 Å². The lowest BCUT2D eigenvalue weighted by Gasteiger charge is -2.48. The smallest absolute Gasteiger partial charge is 0.244 e. The molecule has 1 amide bonds. The van der Waals surface area contributed by atoms with Crippen molar-refractivity contribution in [3.8, 4) is 0 Å². The van der Waals surface area contributed by atoms with Gasteiger partial charge in [0.05, 0.1) is 10.7 Å². The molecule has 0 aromatic carbocycles. The van der Waals surface area contributed by atoms with Crippen LogP contribution < -0.4 is 5.32 Å². The van der Waals surface area contributed by atoms with Crippen LogP contribution in [0.5, 0.6) is 0 Å². The van der Waals surface area contributed by atoms with Gasteiger partial charge in [-0.25, -0.2) is 4.98 Å². The highest BCUT2D eigenvalue weighted by atomic mass is 32.1. The molecule has 0 radical (unpaired) electrons. The summed E-state index contributed by atoms with van der Waals surface area (Å²) in [7, 11) is 0. The Morgan fingerprint density at radius 2 is 2.12 bits per heavy atom. The first-order valence-corrected chi connectivity index (χ1v) is 9.77. The van der Waals surface area contributed by atoms with Gasteiger partial charge in [0.2, 0.25) is 5.91 Å². The first-order valence-electron chi connectivity index (χ1n) is 8.89. The zero-order chi connectivity index (χ0) is 16.8. The fourth-order valence-electron chi connectivity index (χ4n) is 3.65. The van der Waals surface area contributed by atoms with Crippen molar-refractivity contribution < 1.29 is 9.53 Å². The fraction of sp³-hybridized carbons (Fsp3) is 0.667. The Balaban J connectivity index is 1.58. The summed E-state index contributed by atoms with van der Waals surface area (Å²) < 4.78 is 5.57. The molecule has 0 spiro atoms. The molecule has 0 unspecified atom stereocenters. The topological polar surface area (TPSA) is 54.5 Å². The van der Waals surface area contributed by atoms with Gasteiger partial charge in [-0.15, -0.1) is 11.3 Å². The number of carbonyl (C=O) groups is 1. The van der Waals surface area contributed by atoms with E-state index in [9.17, 15) is 4.79 Å². The average Bonchev–Trinajstić information content (AvgIpc) is 3.05. The van der Waals surface area contributed by atoms with E-state index in [-0.39, 0.29) is 11.4 Å². The minimum absolute atomic E-state index is 0.0384. The van der Waals surface area contributed by atoms with E-state index < -0.39 is 0 Å². The molecular formula is C18H27N3O2S. The molecule has 0 atom stereocenters. The molecule has 24 heavy (non-hydrogen) atoms. The van der Waals surface area contributed by atoms with Gasteiger partial charge in [-0.05, 0) is 51.8 Å². The van der Waals surface area contributed by atoms with Crippen LogP contribution in [0.15, 0.2) is 11.5 Å². The predicted octanol–water partition coefficient (Wildman–Crippen LogP) is 2.62. The molecule has 0 bridgehead atoms. The zero-order valence-corrected chi connectivity index (χ0v) is 15.2. The summed E-state index contributed by atoms with van der Waals surface area (Å²) in [5.41, 5.74) is 0.920. The largest absolute Gasteiger partial charge is 0.381 e. The third-order valence-electron chi connectivity index (χ3n) is 5.08. The number of hydrogen-bond donors (Lipinski definition) is 1. The van der Waals surface area contributed by atoms with Crippen molar-refractivity contribution in [1.29, 1.82) is 0 Å². The summed E-state index contributed by atoms with van der Waals surface area (Å²) in [6.45, 7) is 6.54. The van der Waals surface area contributed by atoms with Crippen LogP contribution in [-0.2, 0) is 9.53 Å². The van der Waals surface area contributed by atoms with E-state index in [2.05, 4.69) is 15.2 Å². The third-order valence-corrected chi connectivity index (χ3v) is 5.88. The van der Waals surface area contributed by atoms with Gasteiger partial charge in [-0.2, -0.15) is 0 Å². The van der Waals surface area contributed by atoms with Gasteiger partial charge >= 0.3 is 0 Å². The minimum atomic E-state index is -0.0384. The van der Waals surface area contributed by atoms with Crippen LogP contribution in [-0.4, -0.2) is 54.2 Å². The van der Waals surface area contributed by atoms with Gasteiger partial charge in [0, 0.05) is 36.8 Å². The van der Waals surface area contributed by atoms with Crippen molar-refractivity contribution in [3.63, 3.8) is 0 Å².